The molecule has 2 aromatic rings. The molecule has 0 spiro atoms. The Kier molecular flexibility index (Phi) is 6.90. The van der Waals surface area contributed by atoms with Gasteiger partial charge in [-0.05, 0) is 48.5 Å². The Morgan fingerprint density at radius 1 is 0.783 bits per heavy atom. The minimum absolute atomic E-state index is 0.275. The van der Waals surface area contributed by atoms with Crippen LogP contribution in [0.5, 0.6) is 0 Å². The van der Waals surface area contributed by atoms with Crippen LogP contribution < -0.4 is 4.90 Å². The third-order valence-corrected chi connectivity index (χ3v) is 4.04. The summed E-state index contributed by atoms with van der Waals surface area (Å²) in [5, 5.41) is 8.22. The van der Waals surface area contributed by atoms with Crippen molar-refractivity contribution in [2.24, 2.45) is 10.2 Å². The van der Waals surface area contributed by atoms with Crippen LogP contribution in [0.25, 0.3) is 0 Å². The molecular weight excluding hydrogens is 310 g/mol. The molecule has 2 aromatic carbocycles. The summed E-state index contributed by atoms with van der Waals surface area (Å²) in [5.41, 5.74) is 2.44. The highest BCUT2D eigenvalue weighted by Crippen LogP contribution is 2.22. The third kappa shape index (κ3) is 5.83. The summed E-state index contributed by atoms with van der Waals surface area (Å²) < 4.78 is 22.7. The summed E-state index contributed by atoms with van der Waals surface area (Å²) >= 11 is 0. The van der Waals surface area contributed by atoms with Crippen LogP contribution in [0.4, 0.5) is 17.1 Å². The summed E-state index contributed by atoms with van der Waals surface area (Å²) in [4.78, 5) is 2.28. The lowest BCUT2D eigenvalue weighted by molar-refractivity contribution is 0.602. The van der Waals surface area contributed by atoms with Crippen molar-refractivity contribution in [3.63, 3.8) is 0 Å². The first-order valence-corrected chi connectivity index (χ1v) is 9.25. The van der Waals surface area contributed by atoms with Gasteiger partial charge in [-0.3, -0.25) is 0 Å². The quantitative estimate of drug-likeness (QED) is 0.768. The SMILES string of the molecule is CC.CN(C)c1ccc(N=Nc2ccc(S(C)(=O)=O)cc2)cc1. The van der Waals surface area contributed by atoms with Gasteiger partial charge in [0.05, 0.1) is 16.3 Å². The molecule has 0 aliphatic rings. The molecule has 2 rings (SSSR count). The van der Waals surface area contributed by atoms with Gasteiger partial charge in [-0.2, -0.15) is 10.2 Å². The molecule has 5 nitrogen and oxygen atoms in total. The Morgan fingerprint density at radius 3 is 1.52 bits per heavy atom. The Balaban J connectivity index is 0.00000127. The van der Waals surface area contributed by atoms with E-state index in [0.717, 1.165) is 11.4 Å². The standard InChI is InChI=1S/C15H17N3O2S.C2H6/c1-18(2)14-8-4-12(5-9-14)16-17-13-6-10-15(11-7-13)21(3,19)20;1-2/h4-11H,1-3H3;1-2H3. The van der Waals surface area contributed by atoms with Crippen LogP contribution in [-0.4, -0.2) is 28.8 Å². The van der Waals surface area contributed by atoms with Crippen LogP contribution >= 0.6 is 0 Å². The molecular formula is C17H23N3O2S. The van der Waals surface area contributed by atoms with Crippen molar-refractivity contribution in [2.45, 2.75) is 18.7 Å². The molecule has 0 bridgehead atoms. The molecule has 0 saturated carbocycles. The van der Waals surface area contributed by atoms with Gasteiger partial charge in [-0.15, -0.1) is 0 Å². The molecule has 0 unspecified atom stereocenters. The minimum Gasteiger partial charge on any atom is -0.378 e. The monoisotopic (exact) mass is 333 g/mol. The molecule has 0 saturated heterocycles. The Labute approximate surface area is 138 Å². The van der Waals surface area contributed by atoms with E-state index in [9.17, 15) is 8.42 Å². The summed E-state index contributed by atoms with van der Waals surface area (Å²) in [6, 6.07) is 14.0. The van der Waals surface area contributed by atoms with Gasteiger partial charge in [0.2, 0.25) is 0 Å². The van der Waals surface area contributed by atoms with Crippen molar-refractivity contribution < 1.29 is 8.42 Å². The largest absolute Gasteiger partial charge is 0.378 e. The van der Waals surface area contributed by atoms with Crippen LogP contribution in [0.15, 0.2) is 63.7 Å². The van der Waals surface area contributed by atoms with E-state index in [2.05, 4.69) is 10.2 Å². The molecule has 0 aromatic heterocycles. The van der Waals surface area contributed by atoms with Gasteiger partial charge < -0.3 is 4.90 Å². The number of nitrogens with zero attached hydrogens (tertiary/aromatic N) is 3. The topological polar surface area (TPSA) is 62.1 Å². The average molecular weight is 333 g/mol. The van der Waals surface area contributed by atoms with Gasteiger partial charge in [0.1, 0.15) is 0 Å². The van der Waals surface area contributed by atoms with Gasteiger partial charge in [-0.25, -0.2) is 8.42 Å². The number of benzene rings is 2. The first kappa shape index (κ1) is 18.8. The zero-order chi connectivity index (χ0) is 17.5. The number of rotatable bonds is 4. The molecule has 0 radical (unpaired) electrons. The lowest BCUT2D eigenvalue weighted by Crippen LogP contribution is -2.07. The first-order chi connectivity index (χ1) is 10.9. The summed E-state index contributed by atoms with van der Waals surface area (Å²) in [7, 11) is 0.768. The smallest absolute Gasteiger partial charge is 0.175 e. The zero-order valence-corrected chi connectivity index (χ0v) is 15.0. The molecule has 0 aliphatic carbocycles. The van der Waals surface area contributed by atoms with E-state index < -0.39 is 9.84 Å². The highest BCUT2D eigenvalue weighted by atomic mass is 32.2. The fraction of sp³-hybridized carbons (Fsp3) is 0.294. The zero-order valence-electron chi connectivity index (χ0n) is 14.2. The third-order valence-electron chi connectivity index (χ3n) is 2.91. The number of anilines is 1. The van der Waals surface area contributed by atoms with Crippen molar-refractivity contribution >= 4 is 26.9 Å². The second-order valence-corrected chi connectivity index (χ2v) is 6.89. The van der Waals surface area contributed by atoms with E-state index in [0.29, 0.717) is 5.69 Å². The molecule has 0 atom stereocenters. The first-order valence-electron chi connectivity index (χ1n) is 7.35. The maximum absolute atomic E-state index is 11.4. The number of hydrogen-bond acceptors (Lipinski definition) is 5. The molecule has 23 heavy (non-hydrogen) atoms. The van der Waals surface area contributed by atoms with E-state index in [1.807, 2.05) is 57.1 Å². The van der Waals surface area contributed by atoms with Crippen LogP contribution in [-0.2, 0) is 9.84 Å². The second-order valence-electron chi connectivity index (χ2n) is 4.88. The van der Waals surface area contributed by atoms with E-state index in [1.165, 1.54) is 18.4 Å². The fourth-order valence-electron chi connectivity index (χ4n) is 1.69. The maximum atomic E-state index is 11.4. The number of hydrogen-bond donors (Lipinski definition) is 0. The predicted octanol–water partition coefficient (Wildman–Crippen LogP) is 4.60. The Bertz CT molecular complexity index is 734. The van der Waals surface area contributed by atoms with Crippen LogP contribution in [0.1, 0.15) is 13.8 Å². The lowest BCUT2D eigenvalue weighted by atomic mass is 10.3. The van der Waals surface area contributed by atoms with Crippen molar-refractivity contribution in [2.75, 3.05) is 25.3 Å². The average Bonchev–Trinajstić information content (AvgIpc) is 2.55. The highest BCUT2D eigenvalue weighted by molar-refractivity contribution is 7.90. The normalized spacial score (nSPS) is 11.0. The van der Waals surface area contributed by atoms with Crippen molar-refractivity contribution in [3.05, 3.63) is 48.5 Å². The summed E-state index contributed by atoms with van der Waals surface area (Å²) in [5.74, 6) is 0. The molecule has 0 heterocycles. The van der Waals surface area contributed by atoms with E-state index >= 15 is 0 Å². The Morgan fingerprint density at radius 2 is 1.17 bits per heavy atom. The molecule has 0 N–H and O–H groups in total. The van der Waals surface area contributed by atoms with Crippen molar-refractivity contribution in [1.82, 2.24) is 0 Å². The Hall–Kier alpha value is -2.21. The molecule has 0 aliphatic heterocycles. The molecule has 0 fully saturated rings. The van der Waals surface area contributed by atoms with Crippen LogP contribution in [0.2, 0.25) is 0 Å². The van der Waals surface area contributed by atoms with E-state index in [1.54, 1.807) is 12.1 Å². The summed E-state index contributed by atoms with van der Waals surface area (Å²) in [6.45, 7) is 4.00. The van der Waals surface area contributed by atoms with Gasteiger partial charge in [0.15, 0.2) is 9.84 Å². The second kappa shape index (κ2) is 8.43. The fourth-order valence-corrected chi connectivity index (χ4v) is 2.32. The summed E-state index contributed by atoms with van der Waals surface area (Å²) in [6.07, 6.45) is 1.18. The van der Waals surface area contributed by atoms with Crippen LogP contribution in [0, 0.1) is 0 Å². The van der Waals surface area contributed by atoms with Crippen molar-refractivity contribution in [3.8, 4) is 0 Å². The van der Waals surface area contributed by atoms with Gasteiger partial charge >= 0.3 is 0 Å². The number of azo groups is 1. The highest BCUT2D eigenvalue weighted by Gasteiger charge is 2.05. The van der Waals surface area contributed by atoms with Gasteiger partial charge in [0, 0.05) is 26.0 Å². The molecule has 124 valence electrons. The van der Waals surface area contributed by atoms with E-state index in [4.69, 9.17) is 0 Å². The van der Waals surface area contributed by atoms with Gasteiger partial charge in [-0.1, -0.05) is 13.8 Å². The van der Waals surface area contributed by atoms with Crippen molar-refractivity contribution in [1.29, 1.82) is 0 Å². The predicted molar refractivity (Wildman–Crippen MR) is 95.8 cm³/mol. The van der Waals surface area contributed by atoms with Crippen LogP contribution in [0.3, 0.4) is 0 Å². The maximum Gasteiger partial charge on any atom is 0.175 e. The number of sulfone groups is 1. The lowest BCUT2D eigenvalue weighted by Gasteiger charge is -2.11. The van der Waals surface area contributed by atoms with E-state index in [-0.39, 0.29) is 4.90 Å². The minimum atomic E-state index is -3.18. The molecule has 0 amide bonds. The van der Waals surface area contributed by atoms with Gasteiger partial charge in [0.25, 0.3) is 0 Å². The molecule has 6 heteroatoms.